The van der Waals surface area contributed by atoms with Crippen LogP contribution < -0.4 is 0 Å². The number of nitrogens with zero attached hydrogens (tertiary/aromatic N) is 1. The van der Waals surface area contributed by atoms with Crippen molar-refractivity contribution in [3.05, 3.63) is 0 Å². The minimum absolute atomic E-state index is 0.0516. The minimum atomic E-state index is -2.42. The van der Waals surface area contributed by atoms with Gasteiger partial charge in [-0.1, -0.05) is 11.8 Å². The number of carbonyl (C=O) groups excluding carboxylic acids is 1. The van der Waals surface area contributed by atoms with Gasteiger partial charge in [-0.05, 0) is 0 Å². The molecule has 4 nitrogen and oxygen atoms in total. The minimum Gasteiger partial charge on any atom is -0.288 e. The zero-order valence-corrected chi connectivity index (χ0v) is 7.73. The highest BCUT2D eigenvalue weighted by molar-refractivity contribution is 8.14. The smallest absolute Gasteiger partial charge is 0.204 e. The molecular weight excluding hydrogens is 186 g/mol. The Balaban J connectivity index is 2.24. The number of thioether (sulfide) groups is 1. The van der Waals surface area contributed by atoms with Crippen LogP contribution in [0.25, 0.3) is 0 Å². The summed E-state index contributed by atoms with van der Waals surface area (Å²) in [6, 6.07) is 0. The SMILES string of the molecule is CC(=O)SC1CN([SH](=O)=O)C1. The molecule has 0 spiro atoms. The summed E-state index contributed by atoms with van der Waals surface area (Å²) in [4.78, 5) is 10.5. The molecular formula is C5H9NO3S2. The van der Waals surface area contributed by atoms with Crippen molar-refractivity contribution in [3.63, 3.8) is 0 Å². The maximum Gasteiger partial charge on any atom is 0.204 e. The third-order valence-electron chi connectivity index (χ3n) is 1.39. The van der Waals surface area contributed by atoms with Gasteiger partial charge in [0.15, 0.2) is 5.12 Å². The molecule has 0 aromatic heterocycles. The summed E-state index contributed by atoms with van der Waals surface area (Å²) in [6.45, 7) is 2.47. The molecule has 0 N–H and O–H groups in total. The highest BCUT2D eigenvalue weighted by atomic mass is 32.2. The van der Waals surface area contributed by atoms with Gasteiger partial charge in [-0.3, -0.25) is 4.79 Å². The second-order valence-electron chi connectivity index (χ2n) is 2.34. The van der Waals surface area contributed by atoms with Crippen molar-refractivity contribution in [2.24, 2.45) is 0 Å². The molecule has 0 saturated carbocycles. The Morgan fingerprint density at radius 2 is 2.09 bits per heavy atom. The van der Waals surface area contributed by atoms with Crippen LogP contribution in [0.15, 0.2) is 0 Å². The molecule has 1 aliphatic rings. The second kappa shape index (κ2) is 3.55. The summed E-state index contributed by atoms with van der Waals surface area (Å²) in [5, 5.41) is 0.233. The zero-order chi connectivity index (χ0) is 8.43. The van der Waals surface area contributed by atoms with Crippen molar-refractivity contribution >= 4 is 27.8 Å². The monoisotopic (exact) mass is 195 g/mol. The summed E-state index contributed by atoms with van der Waals surface area (Å²) >= 11 is 1.21. The summed E-state index contributed by atoms with van der Waals surface area (Å²) in [5.74, 6) is 0. The summed E-state index contributed by atoms with van der Waals surface area (Å²) in [6.07, 6.45) is 0. The first kappa shape index (κ1) is 9.02. The van der Waals surface area contributed by atoms with Gasteiger partial charge in [-0.2, -0.15) is 0 Å². The predicted octanol–water partition coefficient (Wildman–Crippen LogP) is -0.523. The molecule has 1 heterocycles. The number of rotatable bonds is 2. The Kier molecular flexibility index (Phi) is 2.91. The van der Waals surface area contributed by atoms with Crippen LogP contribution in [0.2, 0.25) is 0 Å². The van der Waals surface area contributed by atoms with Crippen molar-refractivity contribution in [1.29, 1.82) is 0 Å². The Hall–Kier alpha value is -0.0700. The standard InChI is InChI=1S/C5H9NO3S2/c1-4(7)10-5-2-6(3-5)11(8)9/h5,11H,2-3H2,1H3. The van der Waals surface area contributed by atoms with Gasteiger partial charge < -0.3 is 0 Å². The van der Waals surface area contributed by atoms with E-state index in [1.165, 1.54) is 23.0 Å². The molecule has 0 atom stereocenters. The molecule has 1 aliphatic heterocycles. The maximum absolute atomic E-state index is 10.5. The quantitative estimate of drug-likeness (QED) is 0.602. The normalized spacial score (nSPS) is 20.2. The maximum atomic E-state index is 10.5. The van der Waals surface area contributed by atoms with Crippen LogP contribution in [-0.2, 0) is 15.7 Å². The van der Waals surface area contributed by atoms with Gasteiger partial charge in [0, 0.05) is 25.3 Å². The molecule has 1 rings (SSSR count). The molecule has 0 aliphatic carbocycles. The summed E-state index contributed by atoms with van der Waals surface area (Å²) < 4.78 is 21.9. The van der Waals surface area contributed by atoms with Crippen molar-refractivity contribution in [1.82, 2.24) is 4.31 Å². The topological polar surface area (TPSA) is 54.5 Å². The van der Waals surface area contributed by atoms with Crippen molar-refractivity contribution < 1.29 is 13.2 Å². The van der Waals surface area contributed by atoms with E-state index in [1.54, 1.807) is 0 Å². The van der Waals surface area contributed by atoms with Gasteiger partial charge in [0.2, 0.25) is 10.9 Å². The fourth-order valence-corrected chi connectivity index (χ4v) is 2.72. The molecule has 0 radical (unpaired) electrons. The van der Waals surface area contributed by atoms with E-state index in [-0.39, 0.29) is 10.4 Å². The van der Waals surface area contributed by atoms with Gasteiger partial charge in [0.05, 0.1) is 0 Å². The van der Waals surface area contributed by atoms with Crippen molar-refractivity contribution in [3.8, 4) is 0 Å². The molecule has 0 aromatic rings. The lowest BCUT2D eigenvalue weighted by molar-refractivity contribution is -0.109. The van der Waals surface area contributed by atoms with Gasteiger partial charge >= 0.3 is 0 Å². The van der Waals surface area contributed by atoms with E-state index in [1.807, 2.05) is 0 Å². The first-order valence-corrected chi connectivity index (χ1v) is 5.17. The van der Waals surface area contributed by atoms with Crippen molar-refractivity contribution in [2.75, 3.05) is 13.1 Å². The number of hydrogen-bond acceptors (Lipinski definition) is 4. The fourth-order valence-electron chi connectivity index (χ4n) is 0.859. The van der Waals surface area contributed by atoms with E-state index < -0.39 is 10.9 Å². The molecule has 64 valence electrons. The van der Waals surface area contributed by atoms with Crippen LogP contribution in [0.3, 0.4) is 0 Å². The highest BCUT2D eigenvalue weighted by Crippen LogP contribution is 2.22. The Morgan fingerprint density at radius 1 is 1.55 bits per heavy atom. The zero-order valence-electron chi connectivity index (χ0n) is 6.02. The summed E-state index contributed by atoms with van der Waals surface area (Å²) in [5.41, 5.74) is 0. The van der Waals surface area contributed by atoms with Crippen LogP contribution in [0.4, 0.5) is 0 Å². The van der Waals surface area contributed by atoms with Crippen LogP contribution in [0, 0.1) is 0 Å². The van der Waals surface area contributed by atoms with Crippen LogP contribution >= 0.6 is 11.8 Å². The third-order valence-corrected chi connectivity index (χ3v) is 3.14. The molecule has 11 heavy (non-hydrogen) atoms. The van der Waals surface area contributed by atoms with Gasteiger partial charge in [0.25, 0.3) is 0 Å². The first-order valence-electron chi connectivity index (χ1n) is 3.16. The average molecular weight is 195 g/mol. The largest absolute Gasteiger partial charge is 0.288 e. The van der Waals surface area contributed by atoms with E-state index in [9.17, 15) is 13.2 Å². The number of carbonyl (C=O) groups is 1. The van der Waals surface area contributed by atoms with E-state index in [0.29, 0.717) is 13.1 Å². The molecule has 0 unspecified atom stereocenters. The molecule has 0 amide bonds. The Morgan fingerprint density at radius 3 is 2.45 bits per heavy atom. The Labute approximate surface area is 71.0 Å². The van der Waals surface area contributed by atoms with Gasteiger partial charge in [0.1, 0.15) is 0 Å². The molecule has 1 fully saturated rings. The lowest BCUT2D eigenvalue weighted by Gasteiger charge is -2.32. The fraction of sp³-hybridized carbons (Fsp3) is 0.800. The van der Waals surface area contributed by atoms with E-state index >= 15 is 0 Å². The molecule has 0 bridgehead atoms. The van der Waals surface area contributed by atoms with E-state index in [0.717, 1.165) is 0 Å². The van der Waals surface area contributed by atoms with Gasteiger partial charge in [-0.15, -0.1) is 0 Å². The number of hydrogen-bond donors (Lipinski definition) is 1. The lowest BCUT2D eigenvalue weighted by atomic mass is 10.3. The molecule has 6 heteroatoms. The molecule has 0 aromatic carbocycles. The van der Waals surface area contributed by atoms with Crippen LogP contribution in [-0.4, -0.2) is 36.2 Å². The summed E-state index contributed by atoms with van der Waals surface area (Å²) in [7, 11) is -2.42. The van der Waals surface area contributed by atoms with Gasteiger partial charge in [-0.25, -0.2) is 12.7 Å². The van der Waals surface area contributed by atoms with E-state index in [4.69, 9.17) is 0 Å². The molecule has 1 saturated heterocycles. The first-order chi connectivity index (χ1) is 5.09. The lowest BCUT2D eigenvalue weighted by Crippen LogP contribution is -2.48. The highest BCUT2D eigenvalue weighted by Gasteiger charge is 2.29. The van der Waals surface area contributed by atoms with Crippen LogP contribution in [0.1, 0.15) is 6.92 Å². The number of thiol groups is 1. The van der Waals surface area contributed by atoms with E-state index in [2.05, 4.69) is 0 Å². The van der Waals surface area contributed by atoms with Crippen molar-refractivity contribution in [2.45, 2.75) is 12.2 Å². The second-order valence-corrected chi connectivity index (χ2v) is 4.86. The predicted molar refractivity (Wildman–Crippen MR) is 43.9 cm³/mol. The Bertz CT molecular complexity index is 224. The van der Waals surface area contributed by atoms with Crippen LogP contribution in [0.5, 0.6) is 0 Å². The third kappa shape index (κ3) is 2.46. The average Bonchev–Trinajstić information content (AvgIpc) is 1.75.